The zero-order valence-electron chi connectivity index (χ0n) is 12.9. The minimum Gasteiger partial charge on any atom is -0.394 e. The van der Waals surface area contributed by atoms with Gasteiger partial charge in [0.15, 0.2) is 0 Å². The fourth-order valence-corrected chi connectivity index (χ4v) is 1.69. The van der Waals surface area contributed by atoms with Crippen molar-refractivity contribution in [2.45, 2.75) is 37.9 Å². The third kappa shape index (κ3) is 8.53. The summed E-state index contributed by atoms with van der Waals surface area (Å²) < 4.78 is 0. The molecule has 0 aliphatic heterocycles. The third-order valence-electron chi connectivity index (χ3n) is 2.84. The minimum atomic E-state index is -1.25. The summed E-state index contributed by atoms with van der Waals surface area (Å²) >= 11 is 3.88. The van der Waals surface area contributed by atoms with Gasteiger partial charge in [0.2, 0.25) is 17.7 Å². The van der Waals surface area contributed by atoms with E-state index in [2.05, 4.69) is 28.6 Å². The highest BCUT2D eigenvalue weighted by Gasteiger charge is 2.24. The van der Waals surface area contributed by atoms with E-state index in [-0.39, 0.29) is 18.2 Å². The van der Waals surface area contributed by atoms with Crippen LogP contribution in [0.5, 0.6) is 0 Å². The van der Waals surface area contributed by atoms with Crippen LogP contribution >= 0.6 is 12.6 Å². The lowest BCUT2D eigenvalue weighted by Gasteiger charge is -2.20. The molecule has 0 saturated carbocycles. The molecule has 0 unspecified atom stereocenters. The van der Waals surface area contributed by atoms with Gasteiger partial charge in [0.25, 0.3) is 0 Å². The maximum Gasteiger partial charge on any atom is 0.245 e. The number of carbonyl (C=O) groups is 4. The van der Waals surface area contributed by atoms with Crippen LogP contribution in [0.3, 0.4) is 0 Å². The maximum absolute atomic E-state index is 11.8. The van der Waals surface area contributed by atoms with Crippen LogP contribution in [0.1, 0.15) is 19.8 Å². The van der Waals surface area contributed by atoms with Crippen LogP contribution in [-0.2, 0) is 19.2 Å². The number of thiol groups is 1. The lowest BCUT2D eigenvalue weighted by atomic mass is 10.2. The first kappa shape index (κ1) is 21.4. The van der Waals surface area contributed by atoms with Gasteiger partial charge in [-0.05, 0) is 6.42 Å². The van der Waals surface area contributed by atoms with Crippen molar-refractivity contribution < 1.29 is 24.3 Å². The Morgan fingerprint density at radius 2 is 1.91 bits per heavy atom. The Morgan fingerprint density at radius 3 is 2.39 bits per heavy atom. The van der Waals surface area contributed by atoms with Gasteiger partial charge in [-0.3, -0.25) is 14.4 Å². The van der Waals surface area contributed by atoms with Crippen LogP contribution < -0.4 is 21.7 Å². The molecule has 0 heterocycles. The van der Waals surface area contributed by atoms with Crippen molar-refractivity contribution in [2.24, 2.45) is 5.73 Å². The number of rotatable bonds is 11. The van der Waals surface area contributed by atoms with Gasteiger partial charge in [-0.2, -0.15) is 12.6 Å². The Hall–Kier alpha value is -1.65. The first-order chi connectivity index (χ1) is 10.9. The molecule has 0 radical (unpaired) electrons. The van der Waals surface area contributed by atoms with Crippen LogP contribution in [0.15, 0.2) is 0 Å². The lowest BCUT2D eigenvalue weighted by Crippen LogP contribution is -2.57. The van der Waals surface area contributed by atoms with Crippen molar-refractivity contribution >= 4 is 36.6 Å². The molecule has 0 aromatic heterocycles. The summed E-state index contributed by atoms with van der Waals surface area (Å²) in [7, 11) is 0. The Bertz CT molecular complexity index is 421. The van der Waals surface area contributed by atoms with Gasteiger partial charge < -0.3 is 31.6 Å². The molecule has 0 saturated heterocycles. The van der Waals surface area contributed by atoms with Crippen LogP contribution in [0.2, 0.25) is 0 Å². The van der Waals surface area contributed by atoms with Gasteiger partial charge in [0.1, 0.15) is 18.4 Å². The van der Waals surface area contributed by atoms with Gasteiger partial charge in [-0.25, -0.2) is 0 Å². The number of nitrogens with one attached hydrogen (secondary N) is 3. The van der Waals surface area contributed by atoms with Gasteiger partial charge in [0, 0.05) is 18.7 Å². The van der Waals surface area contributed by atoms with Crippen molar-refractivity contribution in [2.75, 3.05) is 18.9 Å². The van der Waals surface area contributed by atoms with E-state index in [9.17, 15) is 24.3 Å². The van der Waals surface area contributed by atoms with Crippen molar-refractivity contribution in [3.8, 4) is 0 Å². The molecule has 9 nitrogen and oxygen atoms in total. The average Bonchev–Trinajstić information content (AvgIpc) is 2.54. The molecule has 0 aliphatic carbocycles. The molecule has 0 aliphatic rings. The highest BCUT2D eigenvalue weighted by molar-refractivity contribution is 7.80. The van der Waals surface area contributed by atoms with Crippen molar-refractivity contribution in [3.05, 3.63) is 0 Å². The second kappa shape index (κ2) is 11.9. The zero-order chi connectivity index (χ0) is 17.8. The Balaban J connectivity index is 4.43. The van der Waals surface area contributed by atoms with E-state index in [0.717, 1.165) is 0 Å². The molecule has 0 aromatic rings. The monoisotopic (exact) mass is 348 g/mol. The van der Waals surface area contributed by atoms with Crippen molar-refractivity contribution in [1.29, 1.82) is 0 Å². The molecule has 0 bridgehead atoms. The van der Waals surface area contributed by atoms with Crippen LogP contribution in [0.4, 0.5) is 0 Å². The number of nitrogens with two attached hydrogens (primary N) is 1. The molecule has 23 heavy (non-hydrogen) atoms. The maximum atomic E-state index is 11.8. The van der Waals surface area contributed by atoms with Gasteiger partial charge in [-0.15, -0.1) is 0 Å². The summed E-state index contributed by atoms with van der Waals surface area (Å²) in [5.41, 5.74) is 5.61. The predicted octanol–water partition coefficient (Wildman–Crippen LogP) is -2.68. The lowest BCUT2D eigenvalue weighted by molar-refractivity contribution is -0.131. The van der Waals surface area contributed by atoms with Crippen molar-refractivity contribution in [3.63, 3.8) is 0 Å². The average molecular weight is 348 g/mol. The molecule has 132 valence electrons. The smallest absolute Gasteiger partial charge is 0.245 e. The van der Waals surface area contributed by atoms with Gasteiger partial charge in [0.05, 0.1) is 12.6 Å². The van der Waals surface area contributed by atoms with Crippen molar-refractivity contribution in [1.82, 2.24) is 16.0 Å². The number of hydrogen-bond donors (Lipinski definition) is 6. The summed E-state index contributed by atoms with van der Waals surface area (Å²) in [6.07, 6.45) is 1.49. The molecule has 0 fully saturated rings. The summed E-state index contributed by atoms with van der Waals surface area (Å²) in [5.74, 6) is -1.57. The number of amides is 3. The number of aliphatic hydroxyl groups excluding tert-OH is 1. The van der Waals surface area contributed by atoms with Crippen LogP contribution in [-0.4, -0.2) is 66.1 Å². The molecule has 6 N–H and O–H groups in total. The molecular weight excluding hydrogens is 324 g/mol. The first-order valence-corrected chi connectivity index (χ1v) is 7.82. The molecular formula is C13H24N4O5S. The highest BCUT2D eigenvalue weighted by atomic mass is 32.1. The quantitative estimate of drug-likeness (QED) is 0.177. The molecule has 0 rings (SSSR count). The van der Waals surface area contributed by atoms with E-state index in [1.54, 1.807) is 0 Å². The summed E-state index contributed by atoms with van der Waals surface area (Å²) in [6.45, 7) is 1.09. The van der Waals surface area contributed by atoms with Crippen LogP contribution in [0.25, 0.3) is 0 Å². The second-order valence-electron chi connectivity index (χ2n) is 4.84. The third-order valence-corrected chi connectivity index (χ3v) is 3.23. The Labute approximate surface area is 140 Å². The second-order valence-corrected chi connectivity index (χ2v) is 5.20. The normalized spacial score (nSPS) is 14.3. The molecule has 10 heteroatoms. The zero-order valence-corrected chi connectivity index (χ0v) is 13.8. The number of aliphatic hydroxyl groups is 1. The Kier molecular flexibility index (Phi) is 11.0. The van der Waals surface area contributed by atoms with Gasteiger partial charge >= 0.3 is 0 Å². The van der Waals surface area contributed by atoms with E-state index in [4.69, 9.17) is 5.73 Å². The number of hydrogen-bond acceptors (Lipinski definition) is 7. The van der Waals surface area contributed by atoms with E-state index < -0.39 is 36.5 Å². The highest BCUT2D eigenvalue weighted by Crippen LogP contribution is 1.91. The van der Waals surface area contributed by atoms with E-state index >= 15 is 0 Å². The summed E-state index contributed by atoms with van der Waals surface area (Å²) in [6, 6.07) is -3.13. The van der Waals surface area contributed by atoms with Crippen LogP contribution in [0, 0.1) is 0 Å². The standard InChI is InChI=1S/C13H24N4O5S/c1-2-3-11(20)15-4-9(14)12(21)17-10(6-19)13(22)16-8(5-18)7-23/h5,8-10,19,23H,2-4,6-7,14H2,1H3,(H,15,20)(H,16,22)(H,17,21)/t8-,9+,10+/m1/s1. The largest absolute Gasteiger partial charge is 0.394 e. The SMILES string of the molecule is CCCC(=O)NC[C@H](N)C(=O)N[C@@H](CO)C(=O)N[C@H](C=O)CS. The fourth-order valence-electron chi connectivity index (χ4n) is 1.51. The summed E-state index contributed by atoms with van der Waals surface area (Å²) in [5, 5.41) is 16.2. The van der Waals surface area contributed by atoms with E-state index in [1.165, 1.54) is 0 Å². The molecule has 3 amide bonds. The van der Waals surface area contributed by atoms with E-state index in [1.807, 2.05) is 6.92 Å². The van der Waals surface area contributed by atoms with E-state index in [0.29, 0.717) is 19.1 Å². The minimum absolute atomic E-state index is 0.0853. The fraction of sp³-hybridized carbons (Fsp3) is 0.692. The predicted molar refractivity (Wildman–Crippen MR) is 86.8 cm³/mol. The number of aldehydes is 1. The molecule has 3 atom stereocenters. The topological polar surface area (TPSA) is 151 Å². The molecule has 0 spiro atoms. The number of carbonyl (C=O) groups excluding carboxylic acids is 4. The Morgan fingerprint density at radius 1 is 1.26 bits per heavy atom. The summed E-state index contributed by atoms with van der Waals surface area (Å²) in [4.78, 5) is 45.6. The van der Waals surface area contributed by atoms with Gasteiger partial charge in [-0.1, -0.05) is 6.92 Å². The first-order valence-electron chi connectivity index (χ1n) is 7.19. The molecule has 0 aromatic carbocycles.